The Bertz CT molecular complexity index is 261. The summed E-state index contributed by atoms with van der Waals surface area (Å²) in [5, 5.41) is 0. The molecule has 0 spiro atoms. The van der Waals surface area contributed by atoms with Crippen molar-refractivity contribution >= 4 is 27.7 Å². The molecule has 84 valence electrons. The van der Waals surface area contributed by atoms with E-state index in [2.05, 4.69) is 22.9 Å². The molecule has 0 aliphatic rings. The molecule has 0 aromatic heterocycles. The fraction of sp³-hybridized carbons (Fsp3) is 0.500. The van der Waals surface area contributed by atoms with Gasteiger partial charge in [0.1, 0.15) is 5.75 Å². The van der Waals surface area contributed by atoms with Gasteiger partial charge in [-0.15, -0.1) is 0 Å². The van der Waals surface area contributed by atoms with Gasteiger partial charge in [-0.05, 0) is 36.4 Å². The van der Waals surface area contributed by atoms with Crippen molar-refractivity contribution in [2.75, 3.05) is 18.1 Å². The minimum Gasteiger partial charge on any atom is -0.493 e. The van der Waals surface area contributed by atoms with Crippen LogP contribution in [0, 0.1) is 0 Å². The van der Waals surface area contributed by atoms with Crippen LogP contribution in [-0.4, -0.2) is 18.1 Å². The topological polar surface area (TPSA) is 9.23 Å². The highest BCUT2D eigenvalue weighted by atomic mass is 79.9. The third kappa shape index (κ3) is 6.10. The van der Waals surface area contributed by atoms with Crippen molar-refractivity contribution in [1.82, 2.24) is 0 Å². The molecule has 1 aromatic rings. The third-order valence-electron chi connectivity index (χ3n) is 1.95. The lowest BCUT2D eigenvalue weighted by Crippen LogP contribution is -2.00. The molecular weight excluding hydrogens is 272 g/mol. The van der Waals surface area contributed by atoms with E-state index in [9.17, 15) is 0 Å². The molecule has 1 rings (SSSR count). The van der Waals surface area contributed by atoms with Gasteiger partial charge < -0.3 is 4.74 Å². The molecule has 0 radical (unpaired) electrons. The lowest BCUT2D eigenvalue weighted by atomic mass is 10.3. The summed E-state index contributed by atoms with van der Waals surface area (Å²) in [5.74, 6) is 3.28. The van der Waals surface area contributed by atoms with Crippen LogP contribution >= 0.6 is 27.7 Å². The van der Waals surface area contributed by atoms with Crippen molar-refractivity contribution in [3.05, 3.63) is 28.7 Å². The lowest BCUT2D eigenvalue weighted by molar-refractivity contribution is 0.344. The van der Waals surface area contributed by atoms with E-state index in [-0.39, 0.29) is 0 Å². The second-order valence-corrected chi connectivity index (χ2v) is 5.41. The Kier molecular flexibility index (Phi) is 6.94. The average Bonchev–Trinajstić information content (AvgIpc) is 2.26. The van der Waals surface area contributed by atoms with Gasteiger partial charge in [-0.25, -0.2) is 0 Å². The maximum absolute atomic E-state index is 5.60. The number of hydrogen-bond acceptors (Lipinski definition) is 2. The van der Waals surface area contributed by atoms with Gasteiger partial charge in [0.15, 0.2) is 0 Å². The second kappa shape index (κ2) is 8.05. The number of ether oxygens (including phenoxy) is 1. The zero-order valence-electron chi connectivity index (χ0n) is 9.04. The van der Waals surface area contributed by atoms with E-state index in [1.165, 1.54) is 18.6 Å². The molecule has 0 atom stereocenters. The molecule has 0 bridgehead atoms. The maximum atomic E-state index is 5.60. The molecule has 1 aromatic carbocycles. The predicted molar refractivity (Wildman–Crippen MR) is 71.9 cm³/mol. The molecular formula is C12H17BrOS. The van der Waals surface area contributed by atoms with E-state index in [1.54, 1.807) is 0 Å². The highest BCUT2D eigenvalue weighted by Crippen LogP contribution is 2.16. The van der Waals surface area contributed by atoms with Gasteiger partial charge in [-0.1, -0.05) is 29.3 Å². The van der Waals surface area contributed by atoms with Crippen LogP contribution in [0.5, 0.6) is 5.75 Å². The molecule has 0 N–H and O–H groups in total. The summed E-state index contributed by atoms with van der Waals surface area (Å²) in [5.41, 5.74) is 0. The van der Waals surface area contributed by atoms with Crippen LogP contribution in [0.3, 0.4) is 0 Å². The molecule has 15 heavy (non-hydrogen) atoms. The zero-order valence-corrected chi connectivity index (χ0v) is 11.4. The average molecular weight is 289 g/mol. The van der Waals surface area contributed by atoms with Gasteiger partial charge in [0, 0.05) is 10.2 Å². The van der Waals surface area contributed by atoms with Crippen LogP contribution in [0.2, 0.25) is 0 Å². The van der Waals surface area contributed by atoms with E-state index >= 15 is 0 Å². The van der Waals surface area contributed by atoms with Crippen LogP contribution < -0.4 is 4.74 Å². The summed E-state index contributed by atoms with van der Waals surface area (Å²) >= 11 is 5.36. The largest absolute Gasteiger partial charge is 0.493 e. The van der Waals surface area contributed by atoms with Crippen molar-refractivity contribution in [2.45, 2.75) is 19.8 Å². The van der Waals surface area contributed by atoms with Gasteiger partial charge in [0.2, 0.25) is 0 Å². The van der Waals surface area contributed by atoms with Gasteiger partial charge in [0.25, 0.3) is 0 Å². The van der Waals surface area contributed by atoms with Gasteiger partial charge in [-0.3, -0.25) is 0 Å². The second-order valence-electron chi connectivity index (χ2n) is 3.27. The molecule has 0 saturated heterocycles. The monoisotopic (exact) mass is 288 g/mol. The summed E-state index contributed by atoms with van der Waals surface area (Å²) < 4.78 is 6.69. The number of thioether (sulfide) groups is 1. The number of rotatable bonds is 7. The molecule has 0 fully saturated rings. The van der Waals surface area contributed by atoms with Crippen LogP contribution in [0.4, 0.5) is 0 Å². The first-order valence-corrected chi connectivity index (χ1v) is 7.24. The highest BCUT2D eigenvalue weighted by molar-refractivity contribution is 9.10. The SMILES string of the molecule is CCCCSCCOc1ccc(Br)cc1. The van der Waals surface area contributed by atoms with Gasteiger partial charge >= 0.3 is 0 Å². The van der Waals surface area contributed by atoms with Crippen molar-refractivity contribution in [3.63, 3.8) is 0 Å². The Morgan fingerprint density at radius 3 is 2.60 bits per heavy atom. The number of unbranched alkanes of at least 4 members (excludes halogenated alkanes) is 1. The zero-order chi connectivity index (χ0) is 10.9. The minimum atomic E-state index is 0.802. The van der Waals surface area contributed by atoms with Gasteiger partial charge in [0.05, 0.1) is 6.61 Å². The summed E-state index contributed by atoms with van der Waals surface area (Å²) in [6.45, 7) is 3.02. The molecule has 0 unspecified atom stereocenters. The summed E-state index contributed by atoms with van der Waals surface area (Å²) in [6, 6.07) is 7.97. The molecule has 0 aliphatic heterocycles. The van der Waals surface area contributed by atoms with E-state index in [0.717, 1.165) is 22.6 Å². The van der Waals surface area contributed by atoms with Gasteiger partial charge in [-0.2, -0.15) is 11.8 Å². The normalized spacial score (nSPS) is 10.3. The Hall–Kier alpha value is -0.150. The molecule has 3 heteroatoms. The maximum Gasteiger partial charge on any atom is 0.119 e. The lowest BCUT2D eigenvalue weighted by Gasteiger charge is -2.05. The fourth-order valence-corrected chi connectivity index (χ4v) is 2.26. The number of hydrogen-bond donors (Lipinski definition) is 0. The first kappa shape index (κ1) is 12.9. The summed E-state index contributed by atoms with van der Waals surface area (Å²) in [6.07, 6.45) is 2.59. The number of halogens is 1. The van der Waals surface area contributed by atoms with E-state index in [4.69, 9.17) is 4.74 Å². The molecule has 0 aliphatic carbocycles. The van der Waals surface area contributed by atoms with E-state index in [1.807, 2.05) is 36.0 Å². The van der Waals surface area contributed by atoms with Crippen LogP contribution in [0.25, 0.3) is 0 Å². The highest BCUT2D eigenvalue weighted by Gasteiger charge is 1.93. The first-order chi connectivity index (χ1) is 7.33. The summed E-state index contributed by atoms with van der Waals surface area (Å²) in [4.78, 5) is 0. The quantitative estimate of drug-likeness (QED) is 0.690. The molecule has 0 heterocycles. The first-order valence-electron chi connectivity index (χ1n) is 5.29. The molecule has 0 saturated carbocycles. The van der Waals surface area contributed by atoms with Crippen molar-refractivity contribution in [3.8, 4) is 5.75 Å². The Balaban J connectivity index is 2.07. The Morgan fingerprint density at radius 2 is 1.93 bits per heavy atom. The van der Waals surface area contributed by atoms with Crippen molar-refractivity contribution < 1.29 is 4.74 Å². The smallest absolute Gasteiger partial charge is 0.119 e. The predicted octanol–water partition coefficient (Wildman–Crippen LogP) is 4.36. The van der Waals surface area contributed by atoms with Crippen molar-refractivity contribution in [2.24, 2.45) is 0 Å². The minimum absolute atomic E-state index is 0.802. The van der Waals surface area contributed by atoms with Crippen LogP contribution in [0.15, 0.2) is 28.7 Å². The van der Waals surface area contributed by atoms with Crippen LogP contribution in [-0.2, 0) is 0 Å². The Labute approximate surface area is 105 Å². The molecule has 1 nitrogen and oxygen atoms in total. The third-order valence-corrected chi connectivity index (χ3v) is 3.51. The van der Waals surface area contributed by atoms with E-state index < -0.39 is 0 Å². The summed E-state index contributed by atoms with van der Waals surface area (Å²) in [7, 11) is 0. The molecule has 0 amide bonds. The van der Waals surface area contributed by atoms with E-state index in [0.29, 0.717) is 0 Å². The Morgan fingerprint density at radius 1 is 1.20 bits per heavy atom. The van der Waals surface area contributed by atoms with Crippen LogP contribution in [0.1, 0.15) is 19.8 Å². The fourth-order valence-electron chi connectivity index (χ4n) is 1.10. The van der Waals surface area contributed by atoms with Crippen molar-refractivity contribution in [1.29, 1.82) is 0 Å². The standard InChI is InChI=1S/C12H17BrOS/c1-2-3-9-15-10-8-14-12-6-4-11(13)5-7-12/h4-7H,2-3,8-10H2,1H3. The number of benzene rings is 1.